The molecular weight excluding hydrogens is 270 g/mol. The summed E-state index contributed by atoms with van der Waals surface area (Å²) in [7, 11) is 0. The summed E-state index contributed by atoms with van der Waals surface area (Å²) in [5.74, 6) is 0.00221. The van der Waals surface area contributed by atoms with Gasteiger partial charge in [0.1, 0.15) is 12.1 Å². The number of rotatable bonds is 4. The Morgan fingerprint density at radius 2 is 2.14 bits per heavy atom. The molecule has 1 aromatic heterocycles. The second-order valence-electron chi connectivity index (χ2n) is 4.96. The van der Waals surface area contributed by atoms with Crippen molar-refractivity contribution in [2.75, 3.05) is 19.6 Å². The topological polar surface area (TPSA) is 99.0 Å². The first-order valence-corrected chi connectivity index (χ1v) is 6.89. The summed E-state index contributed by atoms with van der Waals surface area (Å²) in [6, 6.07) is 1.87. The fraction of sp³-hybridized carbons (Fsp3) is 0.500. The Kier molecular flexibility index (Phi) is 5.21. The molecule has 0 spiro atoms. The maximum Gasteiger partial charge on any atom is 0.271 e. The highest BCUT2D eigenvalue weighted by atomic mass is 16.2. The zero-order valence-corrected chi connectivity index (χ0v) is 11.7. The summed E-state index contributed by atoms with van der Waals surface area (Å²) in [6.07, 6.45) is 6.03. The number of nitrogens with zero attached hydrogens (tertiary/aromatic N) is 4. The van der Waals surface area contributed by atoms with Crippen molar-refractivity contribution in [3.63, 3.8) is 0 Å². The molecule has 0 atom stereocenters. The maximum atomic E-state index is 11.8. The number of likely N-dealkylation sites (tertiary alicyclic amines) is 1. The predicted molar refractivity (Wildman–Crippen MR) is 73.9 cm³/mol. The van der Waals surface area contributed by atoms with E-state index in [0.29, 0.717) is 31.2 Å². The molecule has 0 aromatic carbocycles. The van der Waals surface area contributed by atoms with Crippen molar-refractivity contribution in [2.45, 2.75) is 19.3 Å². The smallest absolute Gasteiger partial charge is 0.271 e. The van der Waals surface area contributed by atoms with Gasteiger partial charge in [0.15, 0.2) is 0 Å². The number of hydrogen-bond acceptors (Lipinski definition) is 5. The quantitative estimate of drug-likeness (QED) is 0.862. The zero-order chi connectivity index (χ0) is 15.1. The predicted octanol–water partition coefficient (Wildman–Crippen LogP) is 0.359. The van der Waals surface area contributed by atoms with Gasteiger partial charge in [-0.2, -0.15) is 5.26 Å². The van der Waals surface area contributed by atoms with Crippen LogP contribution in [-0.4, -0.2) is 46.3 Å². The highest BCUT2D eigenvalue weighted by Crippen LogP contribution is 2.17. The van der Waals surface area contributed by atoms with Crippen molar-refractivity contribution in [1.29, 1.82) is 5.26 Å². The van der Waals surface area contributed by atoms with Crippen LogP contribution in [0.5, 0.6) is 0 Å². The van der Waals surface area contributed by atoms with Crippen LogP contribution in [0.2, 0.25) is 0 Å². The molecule has 1 N–H and O–H groups in total. The molecule has 0 unspecified atom stereocenters. The Labute approximate surface area is 123 Å². The molecule has 7 heteroatoms. The number of piperidine rings is 1. The molecule has 1 saturated heterocycles. The second-order valence-corrected chi connectivity index (χ2v) is 4.96. The average Bonchev–Trinajstić information content (AvgIpc) is 2.54. The Morgan fingerprint density at radius 1 is 1.38 bits per heavy atom. The van der Waals surface area contributed by atoms with Gasteiger partial charge in [0.25, 0.3) is 5.91 Å². The van der Waals surface area contributed by atoms with Crippen molar-refractivity contribution in [2.24, 2.45) is 5.92 Å². The molecule has 21 heavy (non-hydrogen) atoms. The van der Waals surface area contributed by atoms with E-state index in [-0.39, 0.29) is 18.2 Å². The SMILES string of the molecule is N#CCC(=O)N1CCC(CNC(=O)c2cnccn2)CC1. The highest BCUT2D eigenvalue weighted by Gasteiger charge is 2.23. The third kappa shape index (κ3) is 4.24. The lowest BCUT2D eigenvalue weighted by Crippen LogP contribution is -2.41. The number of carbonyl (C=O) groups excluding carboxylic acids is 2. The lowest BCUT2D eigenvalue weighted by Gasteiger charge is -2.31. The van der Waals surface area contributed by atoms with Crippen LogP contribution in [0.4, 0.5) is 0 Å². The standard InChI is InChI=1S/C14H17N5O2/c15-4-1-13(20)19-7-2-11(3-8-19)9-18-14(21)12-10-16-5-6-17-12/h5-6,10-11H,1-3,7-9H2,(H,18,21). The number of hydrogen-bond donors (Lipinski definition) is 1. The van der Waals surface area contributed by atoms with Gasteiger partial charge in [-0.25, -0.2) is 4.98 Å². The highest BCUT2D eigenvalue weighted by molar-refractivity contribution is 5.91. The largest absolute Gasteiger partial charge is 0.350 e. The second kappa shape index (κ2) is 7.33. The van der Waals surface area contributed by atoms with E-state index in [1.807, 2.05) is 6.07 Å². The monoisotopic (exact) mass is 287 g/mol. The van der Waals surface area contributed by atoms with Gasteiger partial charge in [0.2, 0.25) is 5.91 Å². The number of nitriles is 1. The first kappa shape index (κ1) is 14.9. The normalized spacial score (nSPS) is 15.3. The van der Waals surface area contributed by atoms with E-state index in [4.69, 9.17) is 5.26 Å². The van der Waals surface area contributed by atoms with Gasteiger partial charge >= 0.3 is 0 Å². The van der Waals surface area contributed by atoms with Crippen LogP contribution < -0.4 is 5.32 Å². The first-order chi connectivity index (χ1) is 10.2. The van der Waals surface area contributed by atoms with Crippen LogP contribution >= 0.6 is 0 Å². The van der Waals surface area contributed by atoms with Crippen molar-refractivity contribution < 1.29 is 9.59 Å². The summed E-state index contributed by atoms with van der Waals surface area (Å²) in [5, 5.41) is 11.4. The fourth-order valence-electron chi connectivity index (χ4n) is 2.31. The Bertz CT molecular complexity index is 532. The van der Waals surface area contributed by atoms with Gasteiger partial charge in [-0.3, -0.25) is 14.6 Å². The van der Waals surface area contributed by atoms with Gasteiger partial charge in [-0.15, -0.1) is 0 Å². The lowest BCUT2D eigenvalue weighted by molar-refractivity contribution is -0.131. The van der Waals surface area contributed by atoms with E-state index < -0.39 is 0 Å². The van der Waals surface area contributed by atoms with Crippen LogP contribution in [0.15, 0.2) is 18.6 Å². The van der Waals surface area contributed by atoms with Gasteiger partial charge in [-0.1, -0.05) is 0 Å². The average molecular weight is 287 g/mol. The summed E-state index contributed by atoms with van der Waals surface area (Å²) >= 11 is 0. The molecule has 1 fully saturated rings. The third-order valence-electron chi connectivity index (χ3n) is 3.54. The summed E-state index contributed by atoms with van der Waals surface area (Å²) in [6.45, 7) is 1.86. The molecule has 0 aliphatic carbocycles. The Hall–Kier alpha value is -2.49. The van der Waals surface area contributed by atoms with Crippen molar-refractivity contribution in [3.05, 3.63) is 24.3 Å². The van der Waals surface area contributed by atoms with Gasteiger partial charge < -0.3 is 10.2 Å². The zero-order valence-electron chi connectivity index (χ0n) is 11.7. The van der Waals surface area contributed by atoms with Crippen LogP contribution in [0.25, 0.3) is 0 Å². The minimum absolute atomic E-state index is 0.0614. The molecule has 2 heterocycles. The van der Waals surface area contributed by atoms with E-state index in [0.717, 1.165) is 12.8 Å². The van der Waals surface area contributed by atoms with Crippen LogP contribution in [-0.2, 0) is 4.79 Å². The van der Waals surface area contributed by atoms with E-state index in [1.165, 1.54) is 18.6 Å². The maximum absolute atomic E-state index is 11.8. The van der Waals surface area contributed by atoms with Crippen molar-refractivity contribution in [1.82, 2.24) is 20.2 Å². The van der Waals surface area contributed by atoms with E-state index in [1.54, 1.807) is 4.90 Å². The molecule has 7 nitrogen and oxygen atoms in total. The summed E-state index contributed by atoms with van der Waals surface area (Å²) in [5.41, 5.74) is 0.305. The molecule has 0 radical (unpaired) electrons. The van der Waals surface area contributed by atoms with Crippen molar-refractivity contribution >= 4 is 11.8 Å². The number of amides is 2. The molecule has 0 saturated carbocycles. The Balaban J connectivity index is 1.73. The number of nitrogens with one attached hydrogen (secondary N) is 1. The van der Waals surface area contributed by atoms with Crippen LogP contribution in [0.1, 0.15) is 29.8 Å². The number of carbonyl (C=O) groups is 2. The first-order valence-electron chi connectivity index (χ1n) is 6.89. The van der Waals surface area contributed by atoms with Crippen LogP contribution in [0, 0.1) is 17.2 Å². The van der Waals surface area contributed by atoms with E-state index in [9.17, 15) is 9.59 Å². The number of aromatic nitrogens is 2. The fourth-order valence-corrected chi connectivity index (χ4v) is 2.31. The molecule has 2 rings (SSSR count). The summed E-state index contributed by atoms with van der Waals surface area (Å²) < 4.78 is 0. The summed E-state index contributed by atoms with van der Waals surface area (Å²) in [4.78, 5) is 32.9. The van der Waals surface area contributed by atoms with Gasteiger partial charge in [0.05, 0.1) is 12.3 Å². The minimum atomic E-state index is -0.230. The molecule has 1 aromatic rings. The molecule has 2 amide bonds. The van der Waals surface area contributed by atoms with Gasteiger partial charge in [-0.05, 0) is 18.8 Å². The van der Waals surface area contributed by atoms with E-state index in [2.05, 4.69) is 15.3 Å². The lowest BCUT2D eigenvalue weighted by atomic mass is 9.96. The van der Waals surface area contributed by atoms with Crippen molar-refractivity contribution in [3.8, 4) is 6.07 Å². The minimum Gasteiger partial charge on any atom is -0.350 e. The molecular formula is C14H17N5O2. The Morgan fingerprint density at radius 3 is 2.76 bits per heavy atom. The van der Waals surface area contributed by atoms with Crippen LogP contribution in [0.3, 0.4) is 0 Å². The van der Waals surface area contributed by atoms with E-state index >= 15 is 0 Å². The molecule has 1 aliphatic rings. The van der Waals surface area contributed by atoms with Gasteiger partial charge in [0, 0.05) is 32.0 Å². The third-order valence-corrected chi connectivity index (χ3v) is 3.54. The molecule has 1 aliphatic heterocycles. The molecule has 0 bridgehead atoms. The molecule has 110 valence electrons.